The van der Waals surface area contributed by atoms with Crippen molar-refractivity contribution in [3.63, 3.8) is 0 Å². The van der Waals surface area contributed by atoms with Crippen molar-refractivity contribution in [2.24, 2.45) is 10.2 Å². The first-order valence-corrected chi connectivity index (χ1v) is 10.7. The minimum Gasteiger partial charge on any atom is -0.446 e. The zero-order valence-electron chi connectivity index (χ0n) is 16.0. The normalized spacial score (nSPS) is 11.4. The highest BCUT2D eigenvalue weighted by Gasteiger charge is 2.15. The first kappa shape index (κ1) is 20.7. The van der Waals surface area contributed by atoms with Crippen LogP contribution in [0, 0.1) is 0 Å². The molecule has 0 aliphatic heterocycles. The maximum atomic E-state index is 12.1. The molecule has 2 N–H and O–H groups in total. The van der Waals surface area contributed by atoms with Crippen LogP contribution >= 0.6 is 22.7 Å². The number of carbonyl (C=O) groups excluding carboxylic acids is 2. The second-order valence-corrected chi connectivity index (χ2v) is 8.28. The number of nitrogens with one attached hydrogen (secondary N) is 2. The van der Waals surface area contributed by atoms with E-state index in [0.717, 1.165) is 22.6 Å². The number of furan rings is 1. The van der Waals surface area contributed by atoms with Crippen LogP contribution in [-0.2, 0) is 12.8 Å². The molecule has 7 nitrogen and oxygen atoms in total. The van der Waals surface area contributed by atoms with E-state index in [-0.39, 0.29) is 11.5 Å². The molecule has 0 atom stereocenters. The monoisotopic (exact) mass is 428 g/mol. The fraction of sp³-hybridized carbons (Fsp3) is 0.200. The zero-order valence-corrected chi connectivity index (χ0v) is 17.6. The maximum absolute atomic E-state index is 12.1. The third-order valence-corrected chi connectivity index (χ3v) is 6.16. The van der Waals surface area contributed by atoms with Gasteiger partial charge in [0.25, 0.3) is 0 Å². The van der Waals surface area contributed by atoms with Gasteiger partial charge >= 0.3 is 11.8 Å². The maximum Gasteiger partial charge on any atom is 0.307 e. The van der Waals surface area contributed by atoms with Crippen LogP contribution in [0.15, 0.2) is 51.0 Å². The van der Waals surface area contributed by atoms with E-state index in [1.807, 2.05) is 24.3 Å². The van der Waals surface area contributed by atoms with Gasteiger partial charge < -0.3 is 4.42 Å². The van der Waals surface area contributed by atoms with Gasteiger partial charge in [-0.3, -0.25) is 9.59 Å². The standard InChI is InChI=1S/C20H20N4O3S2/c1-3-13-5-7-15(28-13)11-21-23-19(25)17-9-10-18(27-17)20(26)24-22-12-16-8-6-14(4-2)29-16/h5-12H,3-4H2,1-2H3,(H,23,25)(H,24,26)/b21-11+,22-12+. The van der Waals surface area contributed by atoms with Gasteiger partial charge in [0.15, 0.2) is 11.5 Å². The Morgan fingerprint density at radius 2 is 1.28 bits per heavy atom. The number of aryl methyl sites for hydroxylation is 2. The highest BCUT2D eigenvalue weighted by atomic mass is 32.1. The molecule has 0 fully saturated rings. The fourth-order valence-corrected chi connectivity index (χ4v) is 3.96. The molecule has 29 heavy (non-hydrogen) atoms. The second-order valence-electron chi connectivity index (χ2n) is 5.88. The Morgan fingerprint density at radius 3 is 1.66 bits per heavy atom. The Bertz CT molecular complexity index is 965. The van der Waals surface area contributed by atoms with Gasteiger partial charge in [0.2, 0.25) is 0 Å². The van der Waals surface area contributed by atoms with E-state index in [4.69, 9.17) is 4.42 Å². The third-order valence-electron chi connectivity index (χ3n) is 3.83. The minimum atomic E-state index is -0.540. The lowest BCUT2D eigenvalue weighted by Crippen LogP contribution is -2.18. The molecular weight excluding hydrogens is 408 g/mol. The molecule has 3 rings (SSSR count). The number of hydrazone groups is 2. The number of rotatable bonds is 8. The first-order chi connectivity index (χ1) is 14.1. The SMILES string of the molecule is CCc1ccc(/C=N/NC(=O)c2ccc(C(=O)N/N=C/c3ccc(CC)s3)o2)s1. The van der Waals surface area contributed by atoms with Crippen molar-refractivity contribution in [3.05, 3.63) is 67.4 Å². The van der Waals surface area contributed by atoms with E-state index >= 15 is 0 Å². The molecule has 0 radical (unpaired) electrons. The Kier molecular flexibility index (Phi) is 7.09. The molecule has 150 valence electrons. The largest absolute Gasteiger partial charge is 0.446 e. The minimum absolute atomic E-state index is 0.0115. The van der Waals surface area contributed by atoms with Crippen LogP contribution in [0.1, 0.15) is 54.5 Å². The summed E-state index contributed by atoms with van der Waals surface area (Å²) in [5, 5.41) is 7.83. The average molecular weight is 429 g/mol. The van der Waals surface area contributed by atoms with Crippen molar-refractivity contribution in [3.8, 4) is 0 Å². The van der Waals surface area contributed by atoms with Gasteiger partial charge in [0.1, 0.15) is 0 Å². The van der Waals surface area contributed by atoms with Crippen LogP contribution in [0.3, 0.4) is 0 Å². The van der Waals surface area contributed by atoms with Gasteiger partial charge in [0.05, 0.1) is 12.4 Å². The van der Waals surface area contributed by atoms with Crippen molar-refractivity contribution in [2.75, 3.05) is 0 Å². The van der Waals surface area contributed by atoms with Gasteiger partial charge in [-0.2, -0.15) is 10.2 Å². The van der Waals surface area contributed by atoms with Gasteiger partial charge in [-0.15, -0.1) is 22.7 Å². The Hall–Kier alpha value is -3.04. The lowest BCUT2D eigenvalue weighted by Gasteiger charge is -1.96. The lowest BCUT2D eigenvalue weighted by molar-refractivity contribution is 0.0902. The molecule has 3 aromatic rings. The molecular formula is C20H20N4O3S2. The molecule has 0 aliphatic rings. The number of hydrogen-bond donors (Lipinski definition) is 2. The van der Waals surface area contributed by atoms with E-state index in [9.17, 15) is 9.59 Å². The van der Waals surface area contributed by atoms with Gasteiger partial charge in [-0.05, 0) is 49.2 Å². The second kappa shape index (κ2) is 9.94. The van der Waals surface area contributed by atoms with E-state index in [2.05, 4.69) is 34.9 Å². The molecule has 3 aromatic heterocycles. The molecule has 0 aromatic carbocycles. The van der Waals surface area contributed by atoms with Crippen molar-refractivity contribution < 1.29 is 14.0 Å². The zero-order chi connectivity index (χ0) is 20.6. The van der Waals surface area contributed by atoms with Crippen LogP contribution < -0.4 is 10.9 Å². The van der Waals surface area contributed by atoms with Gasteiger partial charge in [-0.25, -0.2) is 10.9 Å². The summed E-state index contributed by atoms with van der Waals surface area (Å²) in [6, 6.07) is 10.7. The molecule has 0 aliphatic carbocycles. The van der Waals surface area contributed by atoms with Crippen molar-refractivity contribution in [1.82, 2.24) is 10.9 Å². The van der Waals surface area contributed by atoms with Crippen LogP contribution in [0.4, 0.5) is 0 Å². The van der Waals surface area contributed by atoms with E-state index in [1.165, 1.54) is 21.9 Å². The lowest BCUT2D eigenvalue weighted by atomic mass is 10.4. The quantitative estimate of drug-likeness (QED) is 0.418. The number of hydrogen-bond acceptors (Lipinski definition) is 7. The highest BCUT2D eigenvalue weighted by molar-refractivity contribution is 7.14. The molecule has 2 amide bonds. The molecule has 0 bridgehead atoms. The van der Waals surface area contributed by atoms with Crippen molar-refractivity contribution in [2.45, 2.75) is 26.7 Å². The predicted molar refractivity (Wildman–Crippen MR) is 116 cm³/mol. The number of thiophene rings is 2. The summed E-state index contributed by atoms with van der Waals surface area (Å²) >= 11 is 3.21. The van der Waals surface area contributed by atoms with Crippen LogP contribution in [0.2, 0.25) is 0 Å². The summed E-state index contributed by atoms with van der Waals surface area (Å²) in [7, 11) is 0. The topological polar surface area (TPSA) is 96.1 Å². The van der Waals surface area contributed by atoms with E-state index < -0.39 is 11.8 Å². The summed E-state index contributed by atoms with van der Waals surface area (Å²) in [6.07, 6.45) is 5.06. The van der Waals surface area contributed by atoms with Crippen molar-refractivity contribution in [1.29, 1.82) is 0 Å². The predicted octanol–water partition coefficient (Wildman–Crippen LogP) is 4.06. The van der Waals surface area contributed by atoms with E-state index in [0.29, 0.717) is 0 Å². The Morgan fingerprint density at radius 1 is 0.828 bits per heavy atom. The summed E-state index contributed by atoms with van der Waals surface area (Å²) < 4.78 is 5.29. The highest BCUT2D eigenvalue weighted by Crippen LogP contribution is 2.15. The summed E-state index contributed by atoms with van der Waals surface area (Å²) in [4.78, 5) is 28.5. The molecule has 9 heteroatoms. The molecule has 3 heterocycles. The summed E-state index contributed by atoms with van der Waals surface area (Å²) in [5.74, 6) is -1.10. The summed E-state index contributed by atoms with van der Waals surface area (Å²) in [6.45, 7) is 4.16. The third kappa shape index (κ3) is 5.72. The molecule has 0 spiro atoms. The summed E-state index contributed by atoms with van der Waals surface area (Å²) in [5.41, 5.74) is 4.77. The smallest absolute Gasteiger partial charge is 0.307 e. The number of carbonyl (C=O) groups is 2. The Balaban J connectivity index is 1.52. The van der Waals surface area contributed by atoms with E-state index in [1.54, 1.807) is 35.1 Å². The Labute approximate surface area is 176 Å². The fourth-order valence-electron chi connectivity index (χ4n) is 2.31. The number of amides is 2. The van der Waals surface area contributed by atoms with Crippen LogP contribution in [0.25, 0.3) is 0 Å². The molecule has 0 saturated heterocycles. The number of nitrogens with zero attached hydrogens (tertiary/aromatic N) is 2. The molecule has 0 unspecified atom stereocenters. The van der Waals surface area contributed by atoms with Gasteiger partial charge in [0, 0.05) is 19.5 Å². The van der Waals surface area contributed by atoms with Crippen LogP contribution in [-0.4, -0.2) is 24.2 Å². The first-order valence-electron chi connectivity index (χ1n) is 9.03. The molecule has 0 saturated carbocycles. The van der Waals surface area contributed by atoms with Gasteiger partial charge in [-0.1, -0.05) is 13.8 Å². The average Bonchev–Trinajstić information content (AvgIpc) is 3.48. The van der Waals surface area contributed by atoms with Crippen LogP contribution in [0.5, 0.6) is 0 Å². The van der Waals surface area contributed by atoms with Crippen molar-refractivity contribution >= 4 is 46.9 Å².